The standard InChI is InChI=1S/C24H17N3O2S/c28-20(16-9-3-1-4-10-16)15-30-24-25-19-14-8-7-13-18(19)22-26-21(23(29)27(22)24)17-11-5-2-6-12-17/h1-14,21H,15H2. The number of amides is 1. The number of para-hydroxylation sites is 1. The van der Waals surface area contributed by atoms with E-state index >= 15 is 0 Å². The minimum Gasteiger partial charge on any atom is -0.293 e. The summed E-state index contributed by atoms with van der Waals surface area (Å²) in [5.74, 6) is 0.628. The fourth-order valence-corrected chi connectivity index (χ4v) is 4.43. The molecule has 0 saturated carbocycles. The van der Waals surface area contributed by atoms with E-state index in [-0.39, 0.29) is 17.4 Å². The first-order valence-electron chi connectivity index (χ1n) is 9.58. The van der Waals surface area contributed by atoms with Gasteiger partial charge in [0.1, 0.15) is 5.84 Å². The van der Waals surface area contributed by atoms with Gasteiger partial charge < -0.3 is 0 Å². The summed E-state index contributed by atoms with van der Waals surface area (Å²) in [4.78, 5) is 36.9. The maximum atomic E-state index is 13.3. The number of benzene rings is 3. The number of hydrogen-bond acceptors (Lipinski definition) is 5. The van der Waals surface area contributed by atoms with Crippen molar-refractivity contribution >= 4 is 40.1 Å². The number of fused-ring (bicyclic) bond motifs is 3. The normalized spacial score (nSPS) is 17.1. The van der Waals surface area contributed by atoms with Crippen LogP contribution in [0.15, 0.2) is 94.9 Å². The highest BCUT2D eigenvalue weighted by molar-refractivity contribution is 8.14. The highest BCUT2D eigenvalue weighted by atomic mass is 32.2. The number of amidine groups is 2. The Morgan fingerprint density at radius 1 is 0.900 bits per heavy atom. The number of rotatable bonds is 4. The number of thioether (sulfide) groups is 1. The average Bonchev–Trinajstić information content (AvgIpc) is 3.16. The van der Waals surface area contributed by atoms with E-state index in [1.54, 1.807) is 17.0 Å². The Bertz CT molecular complexity index is 1190. The smallest absolute Gasteiger partial charge is 0.263 e. The van der Waals surface area contributed by atoms with E-state index in [2.05, 4.69) is 4.99 Å². The number of aliphatic imine (C=N–C) groups is 2. The van der Waals surface area contributed by atoms with E-state index in [4.69, 9.17) is 4.99 Å². The van der Waals surface area contributed by atoms with Crippen LogP contribution in [0.25, 0.3) is 0 Å². The van der Waals surface area contributed by atoms with Crippen LogP contribution in [-0.2, 0) is 4.79 Å². The van der Waals surface area contributed by atoms with Crippen molar-refractivity contribution in [2.24, 2.45) is 9.98 Å². The third-order valence-corrected chi connectivity index (χ3v) is 5.95. The summed E-state index contributed by atoms with van der Waals surface area (Å²) in [5, 5.41) is 0.486. The zero-order chi connectivity index (χ0) is 20.5. The Kier molecular flexibility index (Phi) is 4.77. The van der Waals surface area contributed by atoms with Gasteiger partial charge >= 0.3 is 0 Å². The molecule has 0 N–H and O–H groups in total. The molecule has 2 heterocycles. The SMILES string of the molecule is O=C(CSC1=Nc2ccccc2C2=NC(c3ccccc3)C(=O)N12)c1ccccc1. The maximum Gasteiger partial charge on any atom is 0.263 e. The molecular weight excluding hydrogens is 394 g/mol. The molecule has 2 aliphatic heterocycles. The number of carbonyl (C=O) groups excluding carboxylic acids is 2. The quantitative estimate of drug-likeness (QED) is 0.588. The van der Waals surface area contributed by atoms with Crippen molar-refractivity contribution in [3.63, 3.8) is 0 Å². The Morgan fingerprint density at radius 3 is 2.33 bits per heavy atom. The van der Waals surface area contributed by atoms with Gasteiger partial charge in [-0.15, -0.1) is 0 Å². The summed E-state index contributed by atoms with van der Waals surface area (Å²) in [6, 6.07) is 25.7. The van der Waals surface area contributed by atoms with Gasteiger partial charge in [-0.3, -0.25) is 9.59 Å². The zero-order valence-corrected chi connectivity index (χ0v) is 16.8. The third kappa shape index (κ3) is 3.25. The lowest BCUT2D eigenvalue weighted by molar-refractivity contribution is -0.124. The molecule has 1 amide bonds. The molecule has 3 aromatic carbocycles. The molecule has 0 bridgehead atoms. The van der Waals surface area contributed by atoms with E-state index in [1.165, 1.54) is 11.8 Å². The maximum absolute atomic E-state index is 13.3. The Morgan fingerprint density at radius 2 is 1.57 bits per heavy atom. The molecule has 1 atom stereocenters. The minimum atomic E-state index is -0.608. The number of hydrogen-bond donors (Lipinski definition) is 0. The monoisotopic (exact) mass is 411 g/mol. The lowest BCUT2D eigenvalue weighted by Gasteiger charge is -2.25. The van der Waals surface area contributed by atoms with Crippen molar-refractivity contribution in [2.45, 2.75) is 6.04 Å². The fraction of sp³-hybridized carbons (Fsp3) is 0.0833. The largest absolute Gasteiger partial charge is 0.293 e. The second-order valence-electron chi connectivity index (χ2n) is 6.93. The molecule has 5 nitrogen and oxygen atoms in total. The van der Waals surface area contributed by atoms with Crippen LogP contribution in [0.4, 0.5) is 5.69 Å². The average molecular weight is 411 g/mol. The summed E-state index contributed by atoms with van der Waals surface area (Å²) >= 11 is 1.27. The van der Waals surface area contributed by atoms with Gasteiger partial charge in [0.2, 0.25) is 0 Å². The number of ketones is 1. The summed E-state index contributed by atoms with van der Waals surface area (Å²) in [7, 11) is 0. The van der Waals surface area contributed by atoms with Crippen LogP contribution >= 0.6 is 11.8 Å². The molecule has 0 spiro atoms. The van der Waals surface area contributed by atoms with Gasteiger partial charge in [0, 0.05) is 11.1 Å². The van der Waals surface area contributed by atoms with Gasteiger partial charge in [0.05, 0.1) is 11.4 Å². The highest BCUT2D eigenvalue weighted by Crippen LogP contribution is 2.37. The van der Waals surface area contributed by atoms with Gasteiger partial charge in [0.25, 0.3) is 5.91 Å². The molecule has 0 aliphatic carbocycles. The van der Waals surface area contributed by atoms with Gasteiger partial charge in [-0.1, -0.05) is 84.6 Å². The lowest BCUT2D eigenvalue weighted by Crippen LogP contribution is -2.40. The second kappa shape index (κ2) is 7.72. The van der Waals surface area contributed by atoms with Crippen LogP contribution in [0, 0.1) is 0 Å². The van der Waals surface area contributed by atoms with Crippen molar-refractivity contribution in [3.05, 3.63) is 102 Å². The molecule has 0 radical (unpaired) electrons. The van der Waals surface area contributed by atoms with Gasteiger partial charge in [-0.05, 0) is 17.7 Å². The van der Waals surface area contributed by atoms with Gasteiger partial charge in [-0.25, -0.2) is 14.9 Å². The summed E-state index contributed by atoms with van der Waals surface area (Å²) in [6.45, 7) is 0. The molecule has 3 aromatic rings. The first-order chi connectivity index (χ1) is 14.7. The van der Waals surface area contributed by atoms with E-state index in [0.29, 0.717) is 16.6 Å². The van der Waals surface area contributed by atoms with Gasteiger partial charge in [0.15, 0.2) is 17.0 Å². The summed E-state index contributed by atoms with van der Waals surface area (Å²) in [5.41, 5.74) is 3.06. The second-order valence-corrected chi connectivity index (χ2v) is 7.87. The molecule has 0 fully saturated rings. The van der Waals surface area contributed by atoms with E-state index < -0.39 is 6.04 Å². The van der Waals surface area contributed by atoms with Crippen LogP contribution in [0.5, 0.6) is 0 Å². The van der Waals surface area contributed by atoms with Crippen LogP contribution in [0.3, 0.4) is 0 Å². The van der Waals surface area contributed by atoms with Gasteiger partial charge in [-0.2, -0.15) is 0 Å². The molecular formula is C24H17N3O2S. The number of nitrogens with zero attached hydrogens (tertiary/aromatic N) is 3. The predicted molar refractivity (Wildman–Crippen MR) is 119 cm³/mol. The topological polar surface area (TPSA) is 62.1 Å². The van der Waals surface area contributed by atoms with Crippen LogP contribution in [-0.4, -0.2) is 33.3 Å². The van der Waals surface area contributed by atoms with Crippen LogP contribution in [0.1, 0.15) is 27.5 Å². The first kappa shape index (κ1) is 18.5. The number of Topliss-reactive ketones (excluding diaryl/α,β-unsaturated/α-hetero) is 1. The fourth-order valence-electron chi connectivity index (χ4n) is 3.54. The molecule has 1 unspecified atom stereocenters. The Hall–Kier alpha value is -3.51. The third-order valence-electron chi connectivity index (χ3n) is 5.01. The highest BCUT2D eigenvalue weighted by Gasteiger charge is 2.42. The van der Waals surface area contributed by atoms with E-state index in [9.17, 15) is 9.59 Å². The zero-order valence-electron chi connectivity index (χ0n) is 15.9. The molecule has 2 aliphatic rings. The van der Waals surface area contributed by atoms with Crippen molar-refractivity contribution < 1.29 is 9.59 Å². The number of carbonyl (C=O) groups is 2. The molecule has 146 valence electrons. The van der Waals surface area contributed by atoms with Crippen molar-refractivity contribution in [1.82, 2.24) is 4.90 Å². The molecule has 5 rings (SSSR count). The Labute approximate surface area is 178 Å². The predicted octanol–water partition coefficient (Wildman–Crippen LogP) is 4.63. The van der Waals surface area contributed by atoms with E-state index in [1.807, 2.05) is 72.8 Å². The summed E-state index contributed by atoms with van der Waals surface area (Å²) < 4.78 is 0. The molecule has 30 heavy (non-hydrogen) atoms. The molecule has 6 heteroatoms. The van der Waals surface area contributed by atoms with Crippen molar-refractivity contribution in [2.75, 3.05) is 5.75 Å². The van der Waals surface area contributed by atoms with Crippen molar-refractivity contribution in [3.8, 4) is 0 Å². The van der Waals surface area contributed by atoms with Crippen molar-refractivity contribution in [1.29, 1.82) is 0 Å². The van der Waals surface area contributed by atoms with E-state index in [0.717, 1.165) is 16.8 Å². The first-order valence-corrected chi connectivity index (χ1v) is 10.6. The Balaban J connectivity index is 1.48. The molecule has 0 saturated heterocycles. The lowest BCUT2D eigenvalue weighted by atomic mass is 10.1. The summed E-state index contributed by atoms with van der Waals surface area (Å²) in [6.07, 6.45) is 0. The minimum absolute atomic E-state index is 0.00750. The molecule has 0 aromatic heterocycles. The van der Waals surface area contributed by atoms with Crippen LogP contribution in [0.2, 0.25) is 0 Å². The van der Waals surface area contributed by atoms with Crippen LogP contribution < -0.4 is 0 Å².